The third kappa shape index (κ3) is 3.35. The largest absolute Gasteiger partial charge is 0.430 e. The summed E-state index contributed by atoms with van der Waals surface area (Å²) < 4.78 is 77.5. The van der Waals surface area contributed by atoms with Crippen molar-refractivity contribution in [2.45, 2.75) is 18.0 Å². The molecule has 0 atom stereocenters. The van der Waals surface area contributed by atoms with Crippen molar-refractivity contribution in [3.63, 3.8) is 0 Å². The molecule has 2 N–H and O–H groups in total. The van der Waals surface area contributed by atoms with Gasteiger partial charge in [-0.05, 0) is 6.07 Å². The number of anilines is 1. The van der Waals surface area contributed by atoms with Crippen LogP contribution >= 0.6 is 0 Å². The van der Waals surface area contributed by atoms with Crippen molar-refractivity contribution in [3.05, 3.63) is 33.9 Å². The highest BCUT2D eigenvalue weighted by atomic mass is 19.4. The van der Waals surface area contributed by atoms with E-state index in [0.29, 0.717) is 32.2 Å². The van der Waals surface area contributed by atoms with E-state index in [4.69, 9.17) is 0 Å². The first-order chi connectivity index (χ1) is 11.4. The molecular weight excluding hydrogens is 360 g/mol. The molecule has 140 valence electrons. The van der Waals surface area contributed by atoms with Crippen LogP contribution in [0.1, 0.15) is 5.56 Å². The van der Waals surface area contributed by atoms with Gasteiger partial charge in [-0.15, -0.1) is 0 Å². The Morgan fingerprint density at radius 3 is 2.04 bits per heavy atom. The zero-order valence-electron chi connectivity index (χ0n) is 12.5. The van der Waals surface area contributed by atoms with Crippen molar-refractivity contribution < 1.29 is 36.4 Å². The fourth-order valence-corrected chi connectivity index (χ4v) is 2.56. The molecule has 12 heteroatoms. The molecule has 0 radical (unpaired) electrons. The van der Waals surface area contributed by atoms with E-state index in [1.165, 1.54) is 4.90 Å². The third-order valence-corrected chi connectivity index (χ3v) is 3.87. The van der Waals surface area contributed by atoms with Gasteiger partial charge in [0.15, 0.2) is 0 Å². The van der Waals surface area contributed by atoms with Gasteiger partial charge >= 0.3 is 12.4 Å². The lowest BCUT2D eigenvalue weighted by molar-refractivity contribution is -0.386. The van der Waals surface area contributed by atoms with Crippen LogP contribution in [-0.4, -0.2) is 48.6 Å². The Morgan fingerprint density at radius 1 is 1.08 bits per heavy atom. The average molecular weight is 373 g/mol. The van der Waals surface area contributed by atoms with Gasteiger partial charge < -0.3 is 15.3 Å². The third-order valence-electron chi connectivity index (χ3n) is 3.87. The van der Waals surface area contributed by atoms with Crippen LogP contribution in [0.5, 0.6) is 0 Å². The quantitative estimate of drug-likeness (QED) is 0.483. The highest BCUT2D eigenvalue weighted by Crippen LogP contribution is 2.51. The lowest BCUT2D eigenvalue weighted by Gasteiger charge is -2.33. The second-order valence-electron chi connectivity index (χ2n) is 5.40. The smallest absolute Gasteiger partial charge is 0.369 e. The first-order valence-corrected chi connectivity index (χ1v) is 7.00. The summed E-state index contributed by atoms with van der Waals surface area (Å²) in [7, 11) is 0. The van der Waals surface area contributed by atoms with E-state index in [2.05, 4.69) is 5.32 Å². The van der Waals surface area contributed by atoms with Gasteiger partial charge in [-0.2, -0.15) is 26.3 Å². The minimum absolute atomic E-state index is 0.109. The van der Waals surface area contributed by atoms with Crippen LogP contribution in [0.15, 0.2) is 18.2 Å². The standard InChI is InChI=1S/C13H13F6N3O3/c14-12(15,16)11(23,13(17,18)19)8-1-2-9(10(7-8)22(24)25)21-5-3-20-4-6-21/h1-2,7,20,23H,3-6H2. The molecule has 0 bridgehead atoms. The van der Waals surface area contributed by atoms with E-state index in [1.807, 2.05) is 0 Å². The molecule has 1 fully saturated rings. The van der Waals surface area contributed by atoms with Crippen LogP contribution in [0.2, 0.25) is 0 Å². The van der Waals surface area contributed by atoms with Gasteiger partial charge in [-0.3, -0.25) is 10.1 Å². The number of rotatable bonds is 3. The average Bonchev–Trinajstić information content (AvgIpc) is 2.52. The number of nitro benzene ring substituents is 1. The SMILES string of the molecule is O=[N+]([O-])c1cc(C(O)(C(F)(F)F)C(F)(F)F)ccc1N1CCNCC1. The Balaban J connectivity index is 2.59. The van der Waals surface area contributed by atoms with Crippen LogP contribution in [-0.2, 0) is 5.60 Å². The van der Waals surface area contributed by atoms with Crippen LogP contribution in [0.4, 0.5) is 37.7 Å². The lowest BCUT2D eigenvalue weighted by atomic mass is 9.91. The molecule has 25 heavy (non-hydrogen) atoms. The second kappa shape index (κ2) is 6.33. The van der Waals surface area contributed by atoms with Crippen LogP contribution in [0.3, 0.4) is 0 Å². The Hall–Kier alpha value is -2.08. The zero-order valence-corrected chi connectivity index (χ0v) is 12.5. The molecule has 1 saturated heterocycles. The molecule has 0 spiro atoms. The first-order valence-electron chi connectivity index (χ1n) is 7.00. The monoisotopic (exact) mass is 373 g/mol. The molecule has 0 saturated carbocycles. The summed E-state index contributed by atoms with van der Waals surface area (Å²) in [5.74, 6) is 0. The van der Waals surface area contributed by atoms with Crippen molar-refractivity contribution in [2.24, 2.45) is 0 Å². The number of alkyl halides is 6. The van der Waals surface area contributed by atoms with E-state index < -0.39 is 34.1 Å². The highest BCUT2D eigenvalue weighted by molar-refractivity contribution is 5.65. The Kier molecular flexibility index (Phi) is 4.88. The highest BCUT2D eigenvalue weighted by Gasteiger charge is 2.71. The van der Waals surface area contributed by atoms with Crippen molar-refractivity contribution in [1.82, 2.24) is 5.32 Å². The molecule has 1 aliphatic heterocycles. The number of hydrogen-bond donors (Lipinski definition) is 2. The summed E-state index contributed by atoms with van der Waals surface area (Å²) in [6.45, 7) is 1.49. The molecule has 0 aliphatic carbocycles. The van der Waals surface area contributed by atoms with E-state index >= 15 is 0 Å². The molecule has 6 nitrogen and oxygen atoms in total. The van der Waals surface area contributed by atoms with Gasteiger partial charge in [0.05, 0.1) is 4.92 Å². The van der Waals surface area contributed by atoms with E-state index in [-0.39, 0.29) is 11.8 Å². The van der Waals surface area contributed by atoms with Gasteiger partial charge in [-0.1, -0.05) is 6.07 Å². The number of benzene rings is 1. The van der Waals surface area contributed by atoms with E-state index in [1.54, 1.807) is 0 Å². The van der Waals surface area contributed by atoms with Gasteiger partial charge in [0.25, 0.3) is 11.3 Å². The summed E-state index contributed by atoms with van der Waals surface area (Å²) in [6.07, 6.45) is -12.2. The van der Waals surface area contributed by atoms with Gasteiger partial charge in [0.1, 0.15) is 5.69 Å². The van der Waals surface area contributed by atoms with Crippen molar-refractivity contribution >= 4 is 11.4 Å². The van der Waals surface area contributed by atoms with Gasteiger partial charge in [0, 0.05) is 37.8 Å². The molecule has 2 rings (SSSR count). The molecular formula is C13H13F6N3O3. The number of hydrogen-bond acceptors (Lipinski definition) is 5. The molecule has 1 aromatic rings. The predicted octanol–water partition coefficient (Wildman–Crippen LogP) is 2.32. The van der Waals surface area contributed by atoms with Crippen molar-refractivity contribution in [2.75, 3.05) is 31.1 Å². The molecule has 0 aromatic heterocycles. The minimum Gasteiger partial charge on any atom is -0.369 e. The normalized spacial score (nSPS) is 16.8. The molecule has 0 unspecified atom stereocenters. The van der Waals surface area contributed by atoms with Crippen LogP contribution in [0.25, 0.3) is 0 Å². The predicted molar refractivity (Wildman–Crippen MR) is 74.2 cm³/mol. The van der Waals surface area contributed by atoms with E-state index in [0.717, 1.165) is 6.07 Å². The van der Waals surface area contributed by atoms with E-state index in [9.17, 15) is 41.6 Å². The minimum atomic E-state index is -6.10. The Morgan fingerprint density at radius 2 is 1.60 bits per heavy atom. The van der Waals surface area contributed by atoms with Crippen LogP contribution < -0.4 is 10.2 Å². The summed E-state index contributed by atoms with van der Waals surface area (Å²) in [4.78, 5) is 11.6. The van der Waals surface area contributed by atoms with Crippen molar-refractivity contribution in [1.29, 1.82) is 0 Å². The van der Waals surface area contributed by atoms with Crippen LogP contribution in [0, 0.1) is 10.1 Å². The van der Waals surface area contributed by atoms with Gasteiger partial charge in [0.2, 0.25) is 0 Å². The summed E-state index contributed by atoms with van der Waals surface area (Å²) in [5, 5.41) is 23.5. The summed E-state index contributed by atoms with van der Waals surface area (Å²) in [6, 6.07) is 1.32. The zero-order chi connectivity index (χ0) is 19.0. The Bertz CT molecular complexity index is 641. The number of nitrogens with zero attached hydrogens (tertiary/aromatic N) is 2. The number of nitro groups is 1. The first kappa shape index (κ1) is 19.2. The Labute approximate surface area is 137 Å². The maximum absolute atomic E-state index is 12.9. The number of nitrogens with one attached hydrogen (secondary N) is 1. The topological polar surface area (TPSA) is 78.6 Å². The lowest BCUT2D eigenvalue weighted by Crippen LogP contribution is -2.54. The second-order valence-corrected chi connectivity index (χ2v) is 5.40. The number of aliphatic hydroxyl groups is 1. The maximum Gasteiger partial charge on any atom is 0.430 e. The summed E-state index contributed by atoms with van der Waals surface area (Å²) >= 11 is 0. The molecule has 1 aliphatic rings. The maximum atomic E-state index is 12.9. The fraction of sp³-hybridized carbons (Fsp3) is 0.538. The molecule has 0 amide bonds. The number of piperazine rings is 1. The summed E-state index contributed by atoms with van der Waals surface area (Å²) in [5.41, 5.74) is -7.90. The fourth-order valence-electron chi connectivity index (χ4n) is 2.56. The molecule has 1 heterocycles. The van der Waals surface area contributed by atoms with Crippen molar-refractivity contribution in [3.8, 4) is 0 Å². The molecule has 1 aromatic carbocycles. The number of halogens is 6. The van der Waals surface area contributed by atoms with Gasteiger partial charge in [-0.25, -0.2) is 0 Å².